The molecule has 1 nitrogen and oxygen atoms in total. The van der Waals surface area contributed by atoms with E-state index in [1.807, 2.05) is 6.08 Å². The summed E-state index contributed by atoms with van der Waals surface area (Å²) in [5, 5.41) is 3.36. The van der Waals surface area contributed by atoms with Gasteiger partial charge in [0.15, 0.2) is 0 Å². The summed E-state index contributed by atoms with van der Waals surface area (Å²) in [7, 11) is 0. The van der Waals surface area contributed by atoms with Crippen LogP contribution in [0.2, 0.25) is 0 Å². The number of rotatable bonds is 2. The summed E-state index contributed by atoms with van der Waals surface area (Å²) in [4.78, 5) is 0. The molecule has 0 atom stereocenters. The van der Waals surface area contributed by atoms with E-state index in [1.165, 1.54) is 11.1 Å². The first-order valence-electron chi connectivity index (χ1n) is 4.60. The lowest BCUT2D eigenvalue weighted by Crippen LogP contribution is -2.25. The van der Waals surface area contributed by atoms with Gasteiger partial charge in [-0.1, -0.05) is 31.7 Å². The fourth-order valence-corrected chi connectivity index (χ4v) is 1.50. The Kier molecular flexibility index (Phi) is 3.81. The Hall–Kier alpha value is -0.820. The predicted molar refractivity (Wildman–Crippen MR) is 54.1 cm³/mol. The van der Waals surface area contributed by atoms with Gasteiger partial charge < -0.3 is 5.32 Å². The van der Waals surface area contributed by atoms with Crippen LogP contribution >= 0.6 is 0 Å². The summed E-state index contributed by atoms with van der Waals surface area (Å²) >= 11 is 0. The maximum atomic E-state index is 3.73. The minimum atomic E-state index is 1.02. The predicted octanol–water partition coefficient (Wildman–Crippen LogP) is 2.43. The third-order valence-corrected chi connectivity index (χ3v) is 2.07. The van der Waals surface area contributed by atoms with Crippen molar-refractivity contribution in [1.29, 1.82) is 0 Å². The molecule has 0 aromatic heterocycles. The average Bonchev–Trinajstić information content (AvgIpc) is 2.09. The molecule has 0 amide bonds. The molecule has 0 saturated carbocycles. The van der Waals surface area contributed by atoms with E-state index in [2.05, 4.69) is 31.0 Å². The third kappa shape index (κ3) is 2.35. The molecule has 1 aliphatic rings. The van der Waals surface area contributed by atoms with Crippen molar-refractivity contribution in [2.24, 2.45) is 0 Å². The summed E-state index contributed by atoms with van der Waals surface area (Å²) < 4.78 is 0. The van der Waals surface area contributed by atoms with Crippen LogP contribution in [0.5, 0.6) is 0 Å². The normalized spacial score (nSPS) is 24.8. The van der Waals surface area contributed by atoms with Gasteiger partial charge in [0.1, 0.15) is 0 Å². The molecule has 0 bridgehead atoms. The Morgan fingerprint density at radius 3 is 3.00 bits per heavy atom. The lowest BCUT2D eigenvalue weighted by atomic mass is 9.98. The highest BCUT2D eigenvalue weighted by atomic mass is 14.9. The standard InChI is InChI=1S/C11H17N/c1-3-5-10-7-8-12-9-11(10)6-4-2/h3,5-6,12H,1,4,7-9H2,2H3/b10-5-,11-6-. The van der Waals surface area contributed by atoms with E-state index in [-0.39, 0.29) is 0 Å². The molecule has 0 unspecified atom stereocenters. The lowest BCUT2D eigenvalue weighted by molar-refractivity contribution is 0.680. The first-order valence-corrected chi connectivity index (χ1v) is 4.60. The summed E-state index contributed by atoms with van der Waals surface area (Å²) in [6, 6.07) is 0. The maximum Gasteiger partial charge on any atom is 0.0205 e. The number of hydrogen-bond acceptors (Lipinski definition) is 1. The zero-order chi connectivity index (χ0) is 8.81. The van der Waals surface area contributed by atoms with Gasteiger partial charge >= 0.3 is 0 Å². The van der Waals surface area contributed by atoms with Crippen molar-refractivity contribution in [3.63, 3.8) is 0 Å². The second-order valence-electron chi connectivity index (χ2n) is 2.99. The fourth-order valence-electron chi connectivity index (χ4n) is 1.50. The van der Waals surface area contributed by atoms with Crippen LogP contribution in [0.4, 0.5) is 0 Å². The van der Waals surface area contributed by atoms with E-state index in [4.69, 9.17) is 0 Å². The Labute approximate surface area is 74.9 Å². The highest BCUT2D eigenvalue weighted by Crippen LogP contribution is 2.17. The zero-order valence-corrected chi connectivity index (χ0v) is 7.77. The van der Waals surface area contributed by atoms with Gasteiger partial charge in [-0.3, -0.25) is 0 Å². The van der Waals surface area contributed by atoms with E-state index in [0.717, 1.165) is 25.9 Å². The molecule has 0 aromatic rings. The molecular formula is C11H17N. The quantitative estimate of drug-likeness (QED) is 0.659. The molecule has 66 valence electrons. The molecule has 0 radical (unpaired) electrons. The highest BCUT2D eigenvalue weighted by molar-refractivity contribution is 5.36. The molecule has 1 fully saturated rings. The minimum absolute atomic E-state index is 1.02. The average molecular weight is 163 g/mol. The van der Waals surface area contributed by atoms with Gasteiger partial charge in [-0.2, -0.15) is 0 Å². The molecule has 1 heterocycles. The Balaban J connectivity index is 2.73. The summed E-state index contributed by atoms with van der Waals surface area (Å²) in [6.45, 7) is 8.02. The van der Waals surface area contributed by atoms with Gasteiger partial charge in [0.05, 0.1) is 0 Å². The smallest absolute Gasteiger partial charge is 0.0205 e. The monoisotopic (exact) mass is 163 g/mol. The van der Waals surface area contributed by atoms with Crippen LogP contribution in [-0.4, -0.2) is 13.1 Å². The van der Waals surface area contributed by atoms with Crippen LogP contribution in [0.1, 0.15) is 19.8 Å². The molecule has 0 aliphatic carbocycles. The molecule has 1 rings (SSSR count). The fraction of sp³-hybridized carbons (Fsp3) is 0.455. The first kappa shape index (κ1) is 9.27. The SMILES string of the molecule is C=C/C=C1/CCNC/C1=C/CC. The molecule has 1 aliphatic heterocycles. The van der Waals surface area contributed by atoms with Crippen molar-refractivity contribution >= 4 is 0 Å². The van der Waals surface area contributed by atoms with Crippen LogP contribution < -0.4 is 5.32 Å². The summed E-state index contributed by atoms with van der Waals surface area (Å²) in [5.74, 6) is 0. The number of nitrogens with one attached hydrogen (secondary N) is 1. The van der Waals surface area contributed by atoms with Crippen LogP contribution in [0, 0.1) is 0 Å². The van der Waals surface area contributed by atoms with Gasteiger partial charge in [-0.05, 0) is 30.5 Å². The van der Waals surface area contributed by atoms with E-state index < -0.39 is 0 Å². The molecule has 0 aromatic carbocycles. The third-order valence-electron chi connectivity index (χ3n) is 2.07. The van der Waals surface area contributed by atoms with Crippen molar-refractivity contribution in [3.8, 4) is 0 Å². The number of piperidine rings is 1. The van der Waals surface area contributed by atoms with Gasteiger partial charge in [0, 0.05) is 6.54 Å². The second-order valence-corrected chi connectivity index (χ2v) is 2.99. The molecule has 0 spiro atoms. The Bertz CT molecular complexity index is 211. The van der Waals surface area contributed by atoms with E-state index in [0.29, 0.717) is 0 Å². The zero-order valence-electron chi connectivity index (χ0n) is 7.77. The molecule has 1 heteroatoms. The van der Waals surface area contributed by atoms with Gasteiger partial charge in [-0.15, -0.1) is 0 Å². The van der Waals surface area contributed by atoms with Gasteiger partial charge in [-0.25, -0.2) is 0 Å². The van der Waals surface area contributed by atoms with Crippen molar-refractivity contribution < 1.29 is 0 Å². The topological polar surface area (TPSA) is 12.0 Å². The van der Waals surface area contributed by atoms with Crippen molar-refractivity contribution in [2.45, 2.75) is 19.8 Å². The molecule has 12 heavy (non-hydrogen) atoms. The van der Waals surface area contributed by atoms with E-state index >= 15 is 0 Å². The van der Waals surface area contributed by atoms with Gasteiger partial charge in [0.25, 0.3) is 0 Å². The Morgan fingerprint density at radius 2 is 2.33 bits per heavy atom. The molecular weight excluding hydrogens is 146 g/mol. The van der Waals surface area contributed by atoms with Crippen LogP contribution in [0.3, 0.4) is 0 Å². The van der Waals surface area contributed by atoms with Crippen molar-refractivity contribution in [2.75, 3.05) is 13.1 Å². The number of hydrogen-bond donors (Lipinski definition) is 1. The maximum absolute atomic E-state index is 3.73. The van der Waals surface area contributed by atoms with E-state index in [1.54, 1.807) is 0 Å². The lowest BCUT2D eigenvalue weighted by Gasteiger charge is -2.19. The van der Waals surface area contributed by atoms with Crippen LogP contribution in [0.15, 0.2) is 36.0 Å². The summed E-state index contributed by atoms with van der Waals surface area (Å²) in [5.41, 5.74) is 2.90. The molecule has 1 N–H and O–H groups in total. The van der Waals surface area contributed by atoms with Crippen LogP contribution in [-0.2, 0) is 0 Å². The van der Waals surface area contributed by atoms with Crippen molar-refractivity contribution in [1.82, 2.24) is 5.32 Å². The Morgan fingerprint density at radius 1 is 1.50 bits per heavy atom. The minimum Gasteiger partial charge on any atom is -0.312 e. The van der Waals surface area contributed by atoms with Gasteiger partial charge in [0.2, 0.25) is 0 Å². The first-order chi connectivity index (χ1) is 5.88. The molecule has 1 saturated heterocycles. The number of allylic oxidation sites excluding steroid dienone is 3. The second kappa shape index (κ2) is 4.94. The summed E-state index contributed by atoms with van der Waals surface area (Å²) in [6.07, 6.45) is 8.55. The van der Waals surface area contributed by atoms with Crippen molar-refractivity contribution in [3.05, 3.63) is 36.0 Å². The largest absolute Gasteiger partial charge is 0.312 e. The highest BCUT2D eigenvalue weighted by Gasteiger charge is 2.08. The van der Waals surface area contributed by atoms with Crippen LogP contribution in [0.25, 0.3) is 0 Å². The van der Waals surface area contributed by atoms with E-state index in [9.17, 15) is 0 Å².